The van der Waals surface area contributed by atoms with Gasteiger partial charge in [-0.25, -0.2) is 4.57 Å². The Kier molecular flexibility index (Phi) is 59.2. The van der Waals surface area contributed by atoms with Crippen LogP contribution in [-0.4, -0.2) is 49.3 Å². The molecule has 2 unspecified atom stereocenters. The summed E-state index contributed by atoms with van der Waals surface area (Å²) in [5.41, 5.74) is 5.38. The second-order valence-electron chi connectivity index (χ2n) is 20.5. The number of unbranched alkanes of at least 4 members (excludes halogenated alkanes) is 27. The van der Waals surface area contributed by atoms with E-state index in [-0.39, 0.29) is 32.6 Å². The van der Waals surface area contributed by atoms with Gasteiger partial charge in [0.05, 0.1) is 13.2 Å². The first kappa shape index (κ1) is 73.7. The third kappa shape index (κ3) is 61.7. The van der Waals surface area contributed by atoms with Crippen LogP contribution in [0, 0.1) is 0 Å². The molecule has 0 aliphatic rings. The van der Waals surface area contributed by atoms with E-state index in [0.717, 1.165) is 83.5 Å². The van der Waals surface area contributed by atoms with Crippen LogP contribution in [0.25, 0.3) is 0 Å². The van der Waals surface area contributed by atoms with Crippen molar-refractivity contribution in [1.29, 1.82) is 0 Å². The van der Waals surface area contributed by atoms with Gasteiger partial charge in [-0.1, -0.05) is 264 Å². The summed E-state index contributed by atoms with van der Waals surface area (Å²) in [4.78, 5) is 35.2. The highest BCUT2D eigenvalue weighted by molar-refractivity contribution is 7.47. The molecule has 0 aromatic rings. The van der Waals surface area contributed by atoms with Gasteiger partial charge in [-0.05, 0) is 103 Å². The summed E-state index contributed by atoms with van der Waals surface area (Å²) < 4.78 is 33.0. The fraction of sp³-hybridized carbons (Fsp3) is 0.701. The Balaban J connectivity index is 4.02. The quantitative estimate of drug-likeness (QED) is 0.0264. The topological polar surface area (TPSA) is 134 Å². The zero-order valence-electron chi connectivity index (χ0n) is 49.4. The highest BCUT2D eigenvalue weighted by atomic mass is 31.2. The molecule has 0 rings (SSSR count). The van der Waals surface area contributed by atoms with Crippen LogP contribution in [0.2, 0.25) is 0 Å². The Bertz CT molecular complexity index is 1630. The van der Waals surface area contributed by atoms with Gasteiger partial charge in [-0.15, -0.1) is 0 Å². The number of phosphoric ester groups is 1. The van der Waals surface area contributed by atoms with Crippen LogP contribution >= 0.6 is 7.82 Å². The molecule has 0 aliphatic carbocycles. The van der Waals surface area contributed by atoms with Crippen molar-refractivity contribution in [2.45, 2.75) is 277 Å². The van der Waals surface area contributed by atoms with Crippen molar-refractivity contribution >= 4 is 19.8 Å². The minimum atomic E-state index is -4.41. The molecule has 10 heteroatoms. The highest BCUT2D eigenvalue weighted by Crippen LogP contribution is 2.43. The number of allylic oxidation sites excluding steroid dienone is 18. The van der Waals surface area contributed by atoms with Crippen LogP contribution in [0.3, 0.4) is 0 Å². The number of carbonyl (C=O) groups is 2. The normalized spacial score (nSPS) is 13.8. The van der Waals surface area contributed by atoms with Gasteiger partial charge >= 0.3 is 19.8 Å². The first-order valence-electron chi connectivity index (χ1n) is 31.4. The first-order chi connectivity index (χ1) is 37.8. The second-order valence-corrected chi connectivity index (χ2v) is 22.0. The Labute approximate surface area is 473 Å². The molecule has 3 N–H and O–H groups in total. The summed E-state index contributed by atoms with van der Waals surface area (Å²) in [6.45, 7) is 3.59. The molecule has 0 spiro atoms. The third-order valence-electron chi connectivity index (χ3n) is 13.1. The fourth-order valence-electron chi connectivity index (χ4n) is 8.53. The predicted octanol–water partition coefficient (Wildman–Crippen LogP) is 20.2. The van der Waals surface area contributed by atoms with E-state index >= 15 is 0 Å². The standard InChI is InChI=1S/C67H116NO8P/c1-3-5-7-9-11-13-15-17-19-21-23-25-27-29-31-32-34-35-37-39-41-43-45-47-49-51-53-55-57-59-66(69)73-63-65(64-75-77(71,72)74-62-61-68)76-67(70)60-58-56-54-52-50-48-46-44-42-40-38-36-33-30-28-26-24-22-20-18-16-14-12-10-8-6-4-2/h6,8,12,14,18,20-21,23-24,26,30,33,38,40,44,46,50,52,65H,3-5,7,9-11,13,15-17,19,22,25,27-29,31-32,34-37,39,41-43,45,47-49,51,53-64,68H2,1-2H3,(H,71,72)/b8-6-,14-12-,20-18-,23-21-,26-24-,33-30-,40-38-,46-44-,52-50-. The zero-order chi connectivity index (χ0) is 55.9. The number of hydrogen-bond acceptors (Lipinski definition) is 8. The molecule has 0 fully saturated rings. The monoisotopic (exact) mass is 1090 g/mol. The van der Waals surface area contributed by atoms with Crippen LogP contribution < -0.4 is 5.73 Å². The van der Waals surface area contributed by atoms with Crippen LogP contribution in [-0.2, 0) is 32.7 Å². The van der Waals surface area contributed by atoms with Gasteiger partial charge in [-0.2, -0.15) is 0 Å². The van der Waals surface area contributed by atoms with Gasteiger partial charge in [0.25, 0.3) is 0 Å². The maximum absolute atomic E-state index is 12.7. The maximum Gasteiger partial charge on any atom is 0.472 e. The molecule has 0 radical (unpaired) electrons. The summed E-state index contributed by atoms with van der Waals surface area (Å²) in [7, 11) is -4.41. The number of phosphoric acid groups is 1. The lowest BCUT2D eigenvalue weighted by Crippen LogP contribution is -2.29. The molecule has 9 nitrogen and oxygen atoms in total. The summed E-state index contributed by atoms with van der Waals surface area (Å²) in [5, 5.41) is 0. The molecule has 0 aromatic carbocycles. The van der Waals surface area contributed by atoms with Crippen molar-refractivity contribution < 1.29 is 37.6 Å². The van der Waals surface area contributed by atoms with Crippen LogP contribution in [0.5, 0.6) is 0 Å². The number of rotatable bonds is 58. The molecule has 0 saturated heterocycles. The summed E-state index contributed by atoms with van der Waals surface area (Å²) in [5.74, 6) is -0.878. The van der Waals surface area contributed by atoms with Gasteiger partial charge in [-0.3, -0.25) is 18.6 Å². The van der Waals surface area contributed by atoms with Crippen molar-refractivity contribution in [3.05, 3.63) is 109 Å². The molecular formula is C67H116NO8P. The first-order valence-corrected chi connectivity index (χ1v) is 32.9. The van der Waals surface area contributed by atoms with Gasteiger partial charge in [0.15, 0.2) is 6.10 Å². The van der Waals surface area contributed by atoms with Crippen molar-refractivity contribution in [3.63, 3.8) is 0 Å². The van der Waals surface area contributed by atoms with Gasteiger partial charge < -0.3 is 20.1 Å². The lowest BCUT2D eigenvalue weighted by Gasteiger charge is -2.19. The Morgan fingerprint density at radius 1 is 0.403 bits per heavy atom. The van der Waals surface area contributed by atoms with E-state index < -0.39 is 32.5 Å². The number of nitrogens with two attached hydrogens (primary N) is 1. The lowest BCUT2D eigenvalue weighted by atomic mass is 10.0. The van der Waals surface area contributed by atoms with Crippen LogP contribution in [0.1, 0.15) is 271 Å². The minimum Gasteiger partial charge on any atom is -0.462 e. The number of esters is 2. The molecule has 2 atom stereocenters. The summed E-state index contributed by atoms with van der Waals surface area (Å²) in [6, 6.07) is 0. The number of carbonyl (C=O) groups excluding carboxylic acids is 2. The molecule has 0 amide bonds. The van der Waals surface area contributed by atoms with Gasteiger partial charge in [0.2, 0.25) is 0 Å². The average molecular weight is 1090 g/mol. The molecule has 0 bridgehead atoms. The summed E-state index contributed by atoms with van der Waals surface area (Å²) >= 11 is 0. The van der Waals surface area contributed by atoms with Crippen molar-refractivity contribution in [2.75, 3.05) is 26.4 Å². The van der Waals surface area contributed by atoms with E-state index in [2.05, 4.69) is 123 Å². The molecule has 442 valence electrons. The maximum atomic E-state index is 12.7. The minimum absolute atomic E-state index is 0.0412. The van der Waals surface area contributed by atoms with E-state index in [9.17, 15) is 19.0 Å². The molecule has 0 saturated carbocycles. The third-order valence-corrected chi connectivity index (χ3v) is 14.1. The molecule has 0 heterocycles. The fourth-order valence-corrected chi connectivity index (χ4v) is 9.30. The van der Waals surface area contributed by atoms with Crippen molar-refractivity contribution in [1.82, 2.24) is 0 Å². The predicted molar refractivity (Wildman–Crippen MR) is 330 cm³/mol. The van der Waals surface area contributed by atoms with E-state index in [0.29, 0.717) is 6.42 Å². The van der Waals surface area contributed by atoms with E-state index in [4.69, 9.17) is 24.3 Å². The van der Waals surface area contributed by atoms with E-state index in [1.807, 2.05) is 0 Å². The highest BCUT2D eigenvalue weighted by Gasteiger charge is 2.26. The number of hydrogen-bond donors (Lipinski definition) is 2. The molecule has 0 aromatic heterocycles. The van der Waals surface area contributed by atoms with Crippen molar-refractivity contribution in [3.8, 4) is 0 Å². The average Bonchev–Trinajstić information content (AvgIpc) is 3.42. The van der Waals surface area contributed by atoms with Gasteiger partial charge in [0.1, 0.15) is 6.61 Å². The molecule has 0 aliphatic heterocycles. The van der Waals surface area contributed by atoms with Gasteiger partial charge in [0, 0.05) is 19.4 Å². The van der Waals surface area contributed by atoms with E-state index in [1.54, 1.807) is 0 Å². The molecule has 77 heavy (non-hydrogen) atoms. The largest absolute Gasteiger partial charge is 0.472 e. The van der Waals surface area contributed by atoms with Crippen LogP contribution in [0.4, 0.5) is 0 Å². The molecular weight excluding hydrogens is 978 g/mol. The van der Waals surface area contributed by atoms with Crippen LogP contribution in [0.15, 0.2) is 109 Å². The van der Waals surface area contributed by atoms with Crippen molar-refractivity contribution in [2.24, 2.45) is 5.73 Å². The second kappa shape index (κ2) is 61.9. The lowest BCUT2D eigenvalue weighted by molar-refractivity contribution is -0.161. The smallest absolute Gasteiger partial charge is 0.462 e. The Hall–Kier alpha value is -3.33. The zero-order valence-corrected chi connectivity index (χ0v) is 50.3. The van der Waals surface area contributed by atoms with E-state index in [1.165, 1.54) is 154 Å². The Morgan fingerprint density at radius 3 is 1.10 bits per heavy atom. The summed E-state index contributed by atoms with van der Waals surface area (Å²) in [6.07, 6.45) is 84.5. The Morgan fingerprint density at radius 2 is 0.714 bits per heavy atom. The number of ether oxygens (including phenoxy) is 2. The SMILES string of the molecule is CC/C=C\C/C=C\C/C=C\C/C=C\C/C=C\C/C=C\C/C=C\C/C=C\CCCCC(=O)OC(COC(=O)CCCCCCCCCCCCCCCCCCC/C=C\CCCCCCCCCC)COP(=O)(O)OCCN.